The first-order chi connectivity index (χ1) is 9.94. The van der Waals surface area contributed by atoms with Crippen LogP contribution in [0.4, 0.5) is 11.4 Å². The predicted octanol–water partition coefficient (Wildman–Crippen LogP) is 1.55. The highest BCUT2D eigenvalue weighted by Crippen LogP contribution is 2.26. The standard InChI is InChI=1S/C14H23N3O3S/c1-3-16-21(18,19)11-6-7-12(15)13(9-11)17-10(2)14-5-4-8-20-14/h6-7,9-10,14,16-17H,3-5,8,15H2,1-2H3. The van der Waals surface area contributed by atoms with E-state index in [0.29, 0.717) is 17.9 Å². The van der Waals surface area contributed by atoms with Gasteiger partial charge in [0.25, 0.3) is 0 Å². The SMILES string of the molecule is CCNS(=O)(=O)c1ccc(N)c(NC(C)C2CCCO2)c1. The van der Waals surface area contributed by atoms with Gasteiger partial charge in [0.2, 0.25) is 10.0 Å². The smallest absolute Gasteiger partial charge is 0.240 e. The van der Waals surface area contributed by atoms with E-state index >= 15 is 0 Å². The summed E-state index contributed by atoms with van der Waals surface area (Å²) >= 11 is 0. The van der Waals surface area contributed by atoms with Gasteiger partial charge in [0.1, 0.15) is 0 Å². The zero-order valence-corrected chi connectivity index (χ0v) is 13.2. The fourth-order valence-electron chi connectivity index (χ4n) is 2.44. The van der Waals surface area contributed by atoms with Gasteiger partial charge < -0.3 is 15.8 Å². The molecule has 2 atom stereocenters. The lowest BCUT2D eigenvalue weighted by Crippen LogP contribution is -2.30. The van der Waals surface area contributed by atoms with Crippen LogP contribution in [0.1, 0.15) is 26.7 Å². The van der Waals surface area contributed by atoms with E-state index in [1.54, 1.807) is 19.1 Å². The Balaban J connectivity index is 2.19. The van der Waals surface area contributed by atoms with Crippen LogP contribution in [0.15, 0.2) is 23.1 Å². The zero-order chi connectivity index (χ0) is 15.5. The van der Waals surface area contributed by atoms with Gasteiger partial charge in [-0.25, -0.2) is 13.1 Å². The molecule has 118 valence electrons. The Morgan fingerprint density at radius 2 is 2.24 bits per heavy atom. The molecule has 1 aromatic rings. The van der Waals surface area contributed by atoms with Crippen molar-refractivity contribution in [1.82, 2.24) is 4.72 Å². The van der Waals surface area contributed by atoms with Crippen molar-refractivity contribution >= 4 is 21.4 Å². The summed E-state index contributed by atoms with van der Waals surface area (Å²) in [6.07, 6.45) is 2.20. The summed E-state index contributed by atoms with van der Waals surface area (Å²) in [6.45, 7) is 4.89. The minimum absolute atomic E-state index is 0.0758. The molecule has 0 aromatic heterocycles. The maximum atomic E-state index is 12.0. The normalized spacial score (nSPS) is 20.4. The van der Waals surface area contributed by atoms with Crippen molar-refractivity contribution in [3.63, 3.8) is 0 Å². The van der Waals surface area contributed by atoms with Crippen LogP contribution in [0.25, 0.3) is 0 Å². The molecule has 6 nitrogen and oxygen atoms in total. The van der Waals surface area contributed by atoms with Crippen molar-refractivity contribution < 1.29 is 13.2 Å². The van der Waals surface area contributed by atoms with Gasteiger partial charge >= 0.3 is 0 Å². The molecular formula is C14H23N3O3S. The summed E-state index contributed by atoms with van der Waals surface area (Å²) in [5, 5.41) is 3.26. The monoisotopic (exact) mass is 313 g/mol. The van der Waals surface area contributed by atoms with Crippen LogP contribution in [0.2, 0.25) is 0 Å². The molecule has 2 unspecified atom stereocenters. The summed E-state index contributed by atoms with van der Waals surface area (Å²) in [5.74, 6) is 0. The number of benzene rings is 1. The van der Waals surface area contributed by atoms with Crippen LogP contribution in [0, 0.1) is 0 Å². The third kappa shape index (κ3) is 3.87. The molecule has 1 aliphatic rings. The van der Waals surface area contributed by atoms with Crippen molar-refractivity contribution in [2.45, 2.75) is 43.7 Å². The van der Waals surface area contributed by atoms with E-state index in [0.717, 1.165) is 19.4 Å². The first-order valence-electron chi connectivity index (χ1n) is 7.21. The number of hydrogen-bond acceptors (Lipinski definition) is 5. The maximum absolute atomic E-state index is 12.0. The van der Waals surface area contributed by atoms with Crippen LogP contribution < -0.4 is 15.8 Å². The third-order valence-electron chi connectivity index (χ3n) is 3.58. The lowest BCUT2D eigenvalue weighted by atomic mass is 10.1. The molecule has 0 spiro atoms. The summed E-state index contributed by atoms with van der Waals surface area (Å²) < 4.78 is 32.2. The number of ether oxygens (including phenoxy) is 1. The highest BCUT2D eigenvalue weighted by atomic mass is 32.2. The number of nitrogen functional groups attached to an aromatic ring is 1. The summed E-state index contributed by atoms with van der Waals surface area (Å²) in [4.78, 5) is 0.209. The number of hydrogen-bond donors (Lipinski definition) is 3. The Bertz CT molecular complexity index is 583. The third-order valence-corrected chi connectivity index (χ3v) is 5.12. The Morgan fingerprint density at radius 1 is 1.48 bits per heavy atom. The van der Waals surface area contributed by atoms with Gasteiger partial charge in [-0.15, -0.1) is 0 Å². The lowest BCUT2D eigenvalue weighted by molar-refractivity contribution is 0.0997. The van der Waals surface area contributed by atoms with Gasteiger partial charge in [0.05, 0.1) is 22.4 Å². The number of anilines is 2. The number of rotatable bonds is 6. The van der Waals surface area contributed by atoms with Crippen molar-refractivity contribution in [3.05, 3.63) is 18.2 Å². The Kier molecular flexibility index (Phi) is 5.08. The quantitative estimate of drug-likeness (QED) is 0.693. The van der Waals surface area contributed by atoms with E-state index in [1.165, 1.54) is 6.07 Å². The molecule has 1 saturated heterocycles. The highest BCUT2D eigenvalue weighted by Gasteiger charge is 2.23. The lowest BCUT2D eigenvalue weighted by Gasteiger charge is -2.22. The van der Waals surface area contributed by atoms with E-state index in [9.17, 15) is 8.42 Å². The molecule has 1 heterocycles. The van der Waals surface area contributed by atoms with Gasteiger partial charge in [0, 0.05) is 19.2 Å². The van der Waals surface area contributed by atoms with E-state index < -0.39 is 10.0 Å². The zero-order valence-electron chi connectivity index (χ0n) is 12.4. The van der Waals surface area contributed by atoms with Crippen molar-refractivity contribution in [3.8, 4) is 0 Å². The van der Waals surface area contributed by atoms with Gasteiger partial charge in [-0.3, -0.25) is 0 Å². The van der Waals surface area contributed by atoms with Crippen LogP contribution in [-0.2, 0) is 14.8 Å². The van der Waals surface area contributed by atoms with Crippen molar-refractivity contribution in [2.75, 3.05) is 24.2 Å². The number of sulfonamides is 1. The maximum Gasteiger partial charge on any atom is 0.240 e. The number of nitrogens with one attached hydrogen (secondary N) is 2. The molecule has 0 bridgehead atoms. The largest absolute Gasteiger partial charge is 0.397 e. The summed E-state index contributed by atoms with van der Waals surface area (Å²) in [7, 11) is -3.48. The molecule has 1 aliphatic heterocycles. The van der Waals surface area contributed by atoms with E-state index in [2.05, 4.69) is 10.0 Å². The topological polar surface area (TPSA) is 93.5 Å². The molecule has 1 fully saturated rings. The van der Waals surface area contributed by atoms with Crippen molar-refractivity contribution in [2.24, 2.45) is 0 Å². The minimum atomic E-state index is -3.48. The van der Waals surface area contributed by atoms with E-state index in [-0.39, 0.29) is 17.0 Å². The van der Waals surface area contributed by atoms with Crippen LogP contribution >= 0.6 is 0 Å². The fraction of sp³-hybridized carbons (Fsp3) is 0.571. The second-order valence-corrected chi connectivity index (χ2v) is 7.00. The van der Waals surface area contributed by atoms with Crippen molar-refractivity contribution in [1.29, 1.82) is 0 Å². The van der Waals surface area contributed by atoms with Crippen LogP contribution in [-0.4, -0.2) is 33.7 Å². The highest BCUT2D eigenvalue weighted by molar-refractivity contribution is 7.89. The Morgan fingerprint density at radius 3 is 2.86 bits per heavy atom. The molecule has 0 aliphatic carbocycles. The summed E-state index contributed by atoms with van der Waals surface area (Å²) in [5.41, 5.74) is 7.08. The van der Waals surface area contributed by atoms with Crippen LogP contribution in [0.3, 0.4) is 0 Å². The molecule has 0 amide bonds. The van der Waals surface area contributed by atoms with Gasteiger partial charge in [-0.2, -0.15) is 0 Å². The molecule has 2 rings (SSSR count). The average Bonchev–Trinajstić information content (AvgIpc) is 2.95. The second kappa shape index (κ2) is 6.64. The van der Waals surface area contributed by atoms with E-state index in [4.69, 9.17) is 10.5 Å². The molecule has 0 radical (unpaired) electrons. The molecule has 4 N–H and O–H groups in total. The predicted molar refractivity (Wildman–Crippen MR) is 83.8 cm³/mol. The molecule has 1 aromatic carbocycles. The second-order valence-electron chi connectivity index (χ2n) is 5.23. The Labute approximate surface area is 126 Å². The first kappa shape index (κ1) is 16.1. The number of nitrogens with two attached hydrogens (primary N) is 1. The molecule has 21 heavy (non-hydrogen) atoms. The summed E-state index contributed by atoms with van der Waals surface area (Å²) in [6, 6.07) is 4.76. The average molecular weight is 313 g/mol. The molecular weight excluding hydrogens is 290 g/mol. The van der Waals surface area contributed by atoms with E-state index in [1.807, 2.05) is 6.92 Å². The fourth-order valence-corrected chi connectivity index (χ4v) is 3.50. The van der Waals surface area contributed by atoms with Gasteiger partial charge in [-0.1, -0.05) is 6.92 Å². The van der Waals surface area contributed by atoms with Crippen LogP contribution in [0.5, 0.6) is 0 Å². The molecule has 0 saturated carbocycles. The van der Waals surface area contributed by atoms with Gasteiger partial charge in [-0.05, 0) is 38.0 Å². The first-order valence-corrected chi connectivity index (χ1v) is 8.69. The molecule has 7 heteroatoms. The Hall–Kier alpha value is -1.31. The minimum Gasteiger partial charge on any atom is -0.397 e. The van der Waals surface area contributed by atoms with Gasteiger partial charge in [0.15, 0.2) is 0 Å².